The second-order valence-corrected chi connectivity index (χ2v) is 7.49. The zero-order valence-corrected chi connectivity index (χ0v) is 16.2. The largest absolute Gasteiger partial charge is 0.497 e. The maximum absolute atomic E-state index is 11.5. The number of fused-ring (bicyclic) bond motifs is 1. The second-order valence-electron chi connectivity index (χ2n) is 7.49. The molecule has 28 heavy (non-hydrogen) atoms. The van der Waals surface area contributed by atoms with Crippen molar-refractivity contribution >= 4 is 11.6 Å². The highest BCUT2D eigenvalue weighted by Crippen LogP contribution is 2.36. The number of para-hydroxylation sites is 1. The Balaban J connectivity index is 1.65. The lowest BCUT2D eigenvalue weighted by atomic mass is 9.94. The van der Waals surface area contributed by atoms with Crippen LogP contribution < -0.4 is 20.1 Å². The molecule has 2 aromatic carbocycles. The average Bonchev–Trinajstić information content (AvgIpc) is 2.67. The van der Waals surface area contributed by atoms with Crippen LogP contribution in [0.25, 0.3) is 0 Å². The third-order valence-corrected chi connectivity index (χ3v) is 4.70. The Morgan fingerprint density at radius 2 is 1.96 bits per heavy atom. The lowest BCUT2D eigenvalue weighted by molar-refractivity contribution is -0.139. The van der Waals surface area contributed by atoms with Crippen LogP contribution in [-0.4, -0.2) is 41.6 Å². The van der Waals surface area contributed by atoms with Crippen molar-refractivity contribution < 1.29 is 24.5 Å². The highest BCUT2D eigenvalue weighted by atomic mass is 16.6. The smallest absolute Gasteiger partial charge is 0.293 e. The van der Waals surface area contributed by atoms with Gasteiger partial charge in [-0.2, -0.15) is 0 Å². The van der Waals surface area contributed by atoms with Crippen molar-refractivity contribution in [1.29, 1.82) is 0 Å². The summed E-state index contributed by atoms with van der Waals surface area (Å²) in [6.07, 6.45) is -1.69. The minimum atomic E-state index is -1.58. The lowest BCUT2D eigenvalue weighted by Crippen LogP contribution is -2.43. The van der Waals surface area contributed by atoms with Crippen molar-refractivity contribution in [3.63, 3.8) is 0 Å². The van der Waals surface area contributed by atoms with E-state index in [2.05, 4.69) is 24.5 Å². The van der Waals surface area contributed by atoms with Gasteiger partial charge in [-0.1, -0.05) is 24.3 Å². The fourth-order valence-electron chi connectivity index (χ4n) is 3.21. The molecule has 0 spiro atoms. The fourth-order valence-corrected chi connectivity index (χ4v) is 3.21. The Bertz CT molecular complexity index is 835. The van der Waals surface area contributed by atoms with Crippen molar-refractivity contribution in [3.05, 3.63) is 53.6 Å². The zero-order valence-electron chi connectivity index (χ0n) is 16.2. The normalized spacial score (nSPS) is 17.3. The Hall–Kier alpha value is -2.61. The minimum absolute atomic E-state index is 0.265. The maximum atomic E-state index is 11.5. The van der Waals surface area contributed by atoms with Crippen LogP contribution in [0.2, 0.25) is 0 Å². The molecule has 1 amide bonds. The Morgan fingerprint density at radius 1 is 1.25 bits per heavy atom. The molecule has 2 atom stereocenters. The van der Waals surface area contributed by atoms with Gasteiger partial charge in [-0.05, 0) is 44.0 Å². The second kappa shape index (κ2) is 8.18. The van der Waals surface area contributed by atoms with Gasteiger partial charge in [-0.25, -0.2) is 0 Å². The van der Waals surface area contributed by atoms with Gasteiger partial charge in [0.15, 0.2) is 5.75 Å². The van der Waals surface area contributed by atoms with Gasteiger partial charge in [0, 0.05) is 17.6 Å². The van der Waals surface area contributed by atoms with E-state index in [0.717, 1.165) is 17.7 Å². The molecule has 2 aromatic rings. The first-order chi connectivity index (χ1) is 13.3. The van der Waals surface area contributed by atoms with Gasteiger partial charge in [-0.3, -0.25) is 4.79 Å². The number of carbonyl (C=O) groups excluding carboxylic acids is 1. The number of nitrogens with one attached hydrogen (secondary N) is 2. The summed E-state index contributed by atoms with van der Waals surface area (Å²) in [5.41, 5.74) is 1.83. The van der Waals surface area contributed by atoms with Crippen LogP contribution in [0.3, 0.4) is 0 Å². The number of ether oxygens (including phenoxy) is 2. The van der Waals surface area contributed by atoms with Gasteiger partial charge in [0.25, 0.3) is 12.2 Å². The summed E-state index contributed by atoms with van der Waals surface area (Å²) >= 11 is 0. The van der Waals surface area contributed by atoms with Crippen molar-refractivity contribution in [2.75, 3.05) is 19.0 Å². The summed E-state index contributed by atoms with van der Waals surface area (Å²) < 4.78 is 10.5. The first kappa shape index (κ1) is 20.1. The fraction of sp³-hybridized carbons (Fsp3) is 0.381. The molecule has 0 saturated carbocycles. The number of benzene rings is 2. The quantitative estimate of drug-likeness (QED) is 0.581. The monoisotopic (exact) mass is 386 g/mol. The topological polar surface area (TPSA) is 100 Å². The summed E-state index contributed by atoms with van der Waals surface area (Å²) in [4.78, 5) is 11.5. The highest BCUT2D eigenvalue weighted by Gasteiger charge is 2.29. The van der Waals surface area contributed by atoms with E-state index in [1.54, 1.807) is 25.3 Å². The number of aliphatic hydroxyl groups is 2. The van der Waals surface area contributed by atoms with E-state index in [4.69, 9.17) is 9.47 Å². The van der Waals surface area contributed by atoms with E-state index < -0.39 is 18.3 Å². The van der Waals surface area contributed by atoms with E-state index in [-0.39, 0.29) is 17.8 Å². The van der Waals surface area contributed by atoms with Crippen LogP contribution >= 0.6 is 0 Å². The van der Waals surface area contributed by atoms with E-state index in [0.29, 0.717) is 11.3 Å². The van der Waals surface area contributed by atoms with E-state index in [9.17, 15) is 15.0 Å². The van der Waals surface area contributed by atoms with E-state index >= 15 is 0 Å². The number of hydrogen-bond donors (Lipinski definition) is 4. The Kier molecular flexibility index (Phi) is 5.88. The van der Waals surface area contributed by atoms with Crippen LogP contribution in [0.5, 0.6) is 11.5 Å². The van der Waals surface area contributed by atoms with Crippen molar-refractivity contribution in [2.24, 2.45) is 0 Å². The number of hydrogen-bond acceptors (Lipinski definition) is 6. The third-order valence-electron chi connectivity index (χ3n) is 4.70. The molecule has 4 N–H and O–H groups in total. The van der Waals surface area contributed by atoms with E-state index in [1.165, 1.54) is 0 Å². The Morgan fingerprint density at radius 3 is 2.64 bits per heavy atom. The number of anilines is 1. The summed E-state index contributed by atoms with van der Waals surface area (Å²) in [5, 5.41) is 26.3. The predicted octanol–water partition coefficient (Wildman–Crippen LogP) is 1.99. The lowest BCUT2D eigenvalue weighted by Gasteiger charge is -2.30. The molecule has 0 bridgehead atoms. The minimum Gasteiger partial charge on any atom is -0.497 e. The molecule has 0 saturated heterocycles. The molecule has 2 unspecified atom stereocenters. The van der Waals surface area contributed by atoms with Crippen molar-refractivity contribution in [1.82, 2.24) is 5.32 Å². The van der Waals surface area contributed by atoms with Gasteiger partial charge in [0.2, 0.25) is 0 Å². The molecule has 150 valence electrons. The summed E-state index contributed by atoms with van der Waals surface area (Å²) in [7, 11) is 1.64. The van der Waals surface area contributed by atoms with Crippen LogP contribution in [0.4, 0.5) is 5.69 Å². The number of β-amino-alcohol motifs (C(OH)–C–C–N with tert-alkyl or cyclic N) is 1. The number of aliphatic hydroxyl groups excluding tert-OH is 2. The first-order valence-electron chi connectivity index (χ1n) is 9.13. The molecule has 7 heteroatoms. The molecular weight excluding hydrogens is 360 g/mol. The number of methoxy groups -OCH3 is 1. The molecule has 0 aliphatic carbocycles. The summed E-state index contributed by atoms with van der Waals surface area (Å²) in [5.74, 6) is 0.475. The molecule has 1 heterocycles. The number of amides is 1. The standard InChI is InChI=1S/C21H26N2O5/c1-21(2,11-13-7-9-14(27-3)10-8-13)22-12-17(24)15-5-4-6-16-18(15)28-20(26)19(25)23-16/h4-10,17,20,22,24,26H,11-12H2,1-3H3,(H,23,25). The van der Waals surface area contributed by atoms with Crippen LogP contribution in [0, 0.1) is 0 Å². The van der Waals surface area contributed by atoms with Gasteiger partial charge in [0.1, 0.15) is 5.75 Å². The molecule has 3 rings (SSSR count). The molecule has 1 aliphatic heterocycles. The number of carbonyl (C=O) groups is 1. The SMILES string of the molecule is COc1ccc(CC(C)(C)NCC(O)c2cccc3c2OC(O)C(=O)N3)cc1. The zero-order chi connectivity index (χ0) is 20.3. The summed E-state index contributed by atoms with van der Waals surface area (Å²) in [6, 6.07) is 13.0. The average molecular weight is 386 g/mol. The highest BCUT2D eigenvalue weighted by molar-refractivity contribution is 5.97. The van der Waals surface area contributed by atoms with Gasteiger partial charge < -0.3 is 30.3 Å². The van der Waals surface area contributed by atoms with Gasteiger partial charge in [-0.15, -0.1) is 0 Å². The summed E-state index contributed by atoms with van der Waals surface area (Å²) in [6.45, 7) is 4.41. The molecule has 7 nitrogen and oxygen atoms in total. The molecule has 0 radical (unpaired) electrons. The van der Waals surface area contributed by atoms with Crippen molar-refractivity contribution in [2.45, 2.75) is 38.2 Å². The van der Waals surface area contributed by atoms with Crippen LogP contribution in [0.15, 0.2) is 42.5 Å². The van der Waals surface area contributed by atoms with Crippen LogP contribution in [-0.2, 0) is 11.2 Å². The van der Waals surface area contributed by atoms with E-state index in [1.807, 2.05) is 24.3 Å². The first-order valence-corrected chi connectivity index (χ1v) is 9.13. The molecule has 1 aliphatic rings. The molecule has 0 fully saturated rings. The molecular formula is C21H26N2O5. The third kappa shape index (κ3) is 4.62. The Labute approximate surface area is 164 Å². The molecule has 0 aromatic heterocycles. The van der Waals surface area contributed by atoms with Gasteiger partial charge >= 0.3 is 0 Å². The van der Waals surface area contributed by atoms with Gasteiger partial charge in [0.05, 0.1) is 18.9 Å². The van der Waals surface area contributed by atoms with Crippen LogP contribution in [0.1, 0.15) is 31.1 Å². The number of rotatable bonds is 7. The maximum Gasteiger partial charge on any atom is 0.293 e. The predicted molar refractivity (Wildman–Crippen MR) is 105 cm³/mol. The van der Waals surface area contributed by atoms with Crippen molar-refractivity contribution in [3.8, 4) is 11.5 Å².